The molecule has 10 heteroatoms. The molecule has 2 aromatic heterocycles. The van der Waals surface area contributed by atoms with Gasteiger partial charge in [-0.1, -0.05) is 6.07 Å². The van der Waals surface area contributed by atoms with Crippen LogP contribution in [0.2, 0.25) is 0 Å². The fraction of sp³-hybridized carbons (Fsp3) is 0.556. The normalized spacial score (nSPS) is 17.1. The van der Waals surface area contributed by atoms with E-state index in [4.69, 9.17) is 14.5 Å². The van der Waals surface area contributed by atoms with Crippen molar-refractivity contribution in [2.75, 3.05) is 19.7 Å². The summed E-state index contributed by atoms with van der Waals surface area (Å²) in [7, 11) is 0. The summed E-state index contributed by atoms with van der Waals surface area (Å²) in [5.41, 5.74) is 0.186. The minimum Gasteiger partial charge on any atom is -0.492 e. The molecule has 1 saturated heterocycles. The van der Waals surface area contributed by atoms with Crippen LogP contribution in [0.4, 0.5) is 9.18 Å². The van der Waals surface area contributed by atoms with Crippen molar-refractivity contribution in [3.8, 4) is 27.8 Å². The summed E-state index contributed by atoms with van der Waals surface area (Å²) in [5, 5.41) is 5.36. The van der Waals surface area contributed by atoms with Crippen molar-refractivity contribution in [2.24, 2.45) is 0 Å². The van der Waals surface area contributed by atoms with Crippen LogP contribution in [0.1, 0.15) is 69.8 Å². The smallest absolute Gasteiger partial charge is 0.410 e. The molecule has 0 saturated carbocycles. The lowest BCUT2D eigenvalue weighted by molar-refractivity contribution is 0.00215. The van der Waals surface area contributed by atoms with Crippen molar-refractivity contribution in [2.45, 2.75) is 78.1 Å². The van der Waals surface area contributed by atoms with E-state index in [1.165, 1.54) is 0 Å². The van der Waals surface area contributed by atoms with E-state index in [-0.39, 0.29) is 18.9 Å². The summed E-state index contributed by atoms with van der Waals surface area (Å²) in [4.78, 5) is 24.7. The Hall–Kier alpha value is -3.01. The zero-order valence-electron chi connectivity index (χ0n) is 22.3. The Balaban J connectivity index is 1.40. The lowest BCUT2D eigenvalue weighted by Gasteiger charge is -2.37. The maximum Gasteiger partial charge on any atom is 0.410 e. The lowest BCUT2D eigenvalue weighted by Crippen LogP contribution is -2.45. The van der Waals surface area contributed by atoms with Gasteiger partial charge in [-0.2, -0.15) is 5.10 Å². The quantitative estimate of drug-likeness (QED) is 0.410. The number of carbonyl (C=O) groups is 1. The molecule has 0 unspecified atom stereocenters. The van der Waals surface area contributed by atoms with Gasteiger partial charge in [-0.05, 0) is 59.2 Å². The number of halogens is 1. The number of likely N-dealkylation sites (tertiary alicyclic amines) is 1. The molecule has 0 N–H and O–H groups in total. The minimum atomic E-state index is -1.54. The van der Waals surface area contributed by atoms with Crippen LogP contribution in [0.5, 0.6) is 5.75 Å². The predicted octanol–water partition coefficient (Wildman–Crippen LogP) is 6.09. The summed E-state index contributed by atoms with van der Waals surface area (Å²) in [6, 6.07) is 5.73. The second-order valence-electron chi connectivity index (χ2n) is 11.1. The first-order chi connectivity index (χ1) is 17.4. The fourth-order valence-electron chi connectivity index (χ4n) is 4.79. The molecule has 0 bridgehead atoms. The van der Waals surface area contributed by atoms with Gasteiger partial charge in [-0.3, -0.25) is 0 Å². The summed E-state index contributed by atoms with van der Waals surface area (Å²) in [5.74, 6) is 2.12. The number of thiazole rings is 1. The van der Waals surface area contributed by atoms with Crippen LogP contribution >= 0.6 is 11.3 Å². The van der Waals surface area contributed by atoms with Gasteiger partial charge in [0.25, 0.3) is 0 Å². The van der Waals surface area contributed by atoms with Crippen LogP contribution in [-0.2, 0) is 16.8 Å². The van der Waals surface area contributed by atoms with Crippen LogP contribution in [0.3, 0.4) is 0 Å². The molecular formula is C27H34FN5O3S. The number of ether oxygens (including phenoxy) is 2. The third-order valence-electron chi connectivity index (χ3n) is 6.66. The molecule has 4 heterocycles. The van der Waals surface area contributed by atoms with Crippen LogP contribution in [0.15, 0.2) is 18.2 Å². The summed E-state index contributed by atoms with van der Waals surface area (Å²) >= 11 is 1.61. The number of amides is 1. The molecule has 0 atom stereocenters. The molecule has 8 nitrogen and oxygen atoms in total. The van der Waals surface area contributed by atoms with E-state index in [1.807, 2.05) is 50.6 Å². The van der Waals surface area contributed by atoms with Gasteiger partial charge in [0.05, 0.1) is 12.3 Å². The van der Waals surface area contributed by atoms with Crippen molar-refractivity contribution >= 4 is 17.4 Å². The molecule has 198 valence electrons. The number of nitrogens with zero attached hydrogens (tertiary/aromatic N) is 5. The number of aromatic nitrogens is 4. The van der Waals surface area contributed by atoms with Gasteiger partial charge in [0.1, 0.15) is 22.8 Å². The standard InChI is InChI=1S/C27H34FN5O3S/c1-16(2)33-23(29-17(3)31-33)24-30-22-19-8-7-18(15-20(19)35-14-9-21(22)37-24)27(28)10-12-32(13-11-27)25(34)36-26(4,5)6/h7-8,15-16H,9-14H2,1-6H3. The maximum absolute atomic E-state index is 16.1. The molecule has 0 radical (unpaired) electrons. The van der Waals surface area contributed by atoms with Gasteiger partial charge in [-0.25, -0.2) is 23.8 Å². The van der Waals surface area contributed by atoms with E-state index in [2.05, 4.69) is 23.9 Å². The Morgan fingerprint density at radius 2 is 1.95 bits per heavy atom. The second-order valence-corrected chi connectivity index (χ2v) is 12.1. The van der Waals surface area contributed by atoms with E-state index >= 15 is 4.39 Å². The minimum absolute atomic E-state index is 0.167. The molecule has 0 aliphatic carbocycles. The Labute approximate surface area is 220 Å². The first kappa shape index (κ1) is 25.6. The Bertz CT molecular complexity index is 1320. The number of aryl methyl sites for hydroxylation is 1. The molecular weight excluding hydrogens is 493 g/mol. The zero-order chi connectivity index (χ0) is 26.5. The molecule has 37 heavy (non-hydrogen) atoms. The van der Waals surface area contributed by atoms with Crippen molar-refractivity contribution < 1.29 is 18.7 Å². The lowest BCUT2D eigenvalue weighted by atomic mass is 9.85. The predicted molar refractivity (Wildman–Crippen MR) is 141 cm³/mol. The summed E-state index contributed by atoms with van der Waals surface area (Å²) in [6.45, 7) is 12.6. The Morgan fingerprint density at radius 1 is 1.22 bits per heavy atom. The largest absolute Gasteiger partial charge is 0.492 e. The Kier molecular flexibility index (Phi) is 6.50. The molecule has 1 aromatic carbocycles. The van der Waals surface area contributed by atoms with E-state index in [9.17, 15) is 4.79 Å². The number of fused-ring (bicyclic) bond motifs is 3. The van der Waals surface area contributed by atoms with Crippen molar-refractivity contribution in [1.29, 1.82) is 0 Å². The van der Waals surface area contributed by atoms with Crippen LogP contribution in [0, 0.1) is 6.92 Å². The fourth-order valence-corrected chi connectivity index (χ4v) is 5.83. The van der Waals surface area contributed by atoms with Gasteiger partial charge < -0.3 is 14.4 Å². The highest BCUT2D eigenvalue weighted by molar-refractivity contribution is 7.15. The number of carbonyl (C=O) groups excluding carboxylic acids is 1. The SMILES string of the molecule is Cc1nc(-c2nc3c(s2)CCOc2cc(C4(F)CCN(C(=O)OC(C)(C)C)CC4)ccc2-3)n(C(C)C)n1. The van der Waals surface area contributed by atoms with Gasteiger partial charge >= 0.3 is 6.09 Å². The maximum atomic E-state index is 16.1. The van der Waals surface area contributed by atoms with Gasteiger partial charge in [0.2, 0.25) is 0 Å². The molecule has 1 amide bonds. The molecule has 5 rings (SSSR count). The van der Waals surface area contributed by atoms with Crippen LogP contribution < -0.4 is 4.74 Å². The molecule has 1 fully saturated rings. The van der Waals surface area contributed by atoms with E-state index in [1.54, 1.807) is 16.2 Å². The third kappa shape index (κ3) is 5.08. The zero-order valence-corrected chi connectivity index (χ0v) is 23.1. The van der Waals surface area contributed by atoms with Crippen molar-refractivity contribution in [1.82, 2.24) is 24.6 Å². The van der Waals surface area contributed by atoms with Crippen molar-refractivity contribution in [3.63, 3.8) is 0 Å². The summed E-state index contributed by atoms with van der Waals surface area (Å²) < 4.78 is 29.6. The third-order valence-corrected chi connectivity index (χ3v) is 7.77. The summed E-state index contributed by atoms with van der Waals surface area (Å²) in [6.07, 6.45) is 0.746. The number of rotatable bonds is 3. The van der Waals surface area contributed by atoms with E-state index in [0.717, 1.165) is 33.4 Å². The van der Waals surface area contributed by atoms with Gasteiger partial charge in [0, 0.05) is 48.8 Å². The van der Waals surface area contributed by atoms with Crippen molar-refractivity contribution in [3.05, 3.63) is 34.5 Å². The molecule has 0 spiro atoms. The average Bonchev–Trinajstić information content (AvgIpc) is 3.38. The highest BCUT2D eigenvalue weighted by Crippen LogP contribution is 2.44. The van der Waals surface area contributed by atoms with E-state index < -0.39 is 17.4 Å². The Morgan fingerprint density at radius 3 is 2.62 bits per heavy atom. The number of hydrogen-bond donors (Lipinski definition) is 0. The van der Waals surface area contributed by atoms with Crippen LogP contribution in [-0.4, -0.2) is 56.0 Å². The van der Waals surface area contributed by atoms with Gasteiger partial charge in [-0.15, -0.1) is 11.3 Å². The molecule has 2 aliphatic rings. The highest BCUT2D eigenvalue weighted by atomic mass is 32.1. The first-order valence-corrected chi connectivity index (χ1v) is 13.6. The molecule has 3 aromatic rings. The van der Waals surface area contributed by atoms with Crippen LogP contribution in [0.25, 0.3) is 22.1 Å². The highest BCUT2D eigenvalue weighted by Gasteiger charge is 2.39. The first-order valence-electron chi connectivity index (χ1n) is 12.8. The topological polar surface area (TPSA) is 82.4 Å². The van der Waals surface area contributed by atoms with Gasteiger partial charge in [0.15, 0.2) is 10.8 Å². The number of alkyl halides is 1. The number of piperidine rings is 1. The number of hydrogen-bond acceptors (Lipinski definition) is 7. The average molecular weight is 528 g/mol. The second kappa shape index (κ2) is 9.38. The number of benzene rings is 1. The monoisotopic (exact) mass is 527 g/mol. The van der Waals surface area contributed by atoms with E-state index in [0.29, 0.717) is 36.8 Å². The molecule has 2 aliphatic heterocycles.